The van der Waals surface area contributed by atoms with E-state index in [4.69, 9.17) is 0 Å². The molecule has 146 valence electrons. The first-order chi connectivity index (χ1) is 13.1. The third-order valence-electron chi connectivity index (χ3n) is 7.57. The zero-order chi connectivity index (χ0) is 20.2. The molecule has 2 aromatic carbocycles. The molecule has 2 unspecified atom stereocenters. The molecule has 0 bridgehead atoms. The van der Waals surface area contributed by atoms with Crippen LogP contribution in [0.25, 0.3) is 12.2 Å². The molecule has 0 radical (unpaired) electrons. The zero-order valence-corrected chi connectivity index (χ0v) is 24.1. The number of fused-ring (bicyclic) bond motifs is 2. The van der Waals surface area contributed by atoms with Crippen molar-refractivity contribution in [3.63, 3.8) is 0 Å². The van der Waals surface area contributed by atoms with Crippen molar-refractivity contribution in [2.75, 3.05) is 0 Å². The third-order valence-corrected chi connectivity index (χ3v) is 26.8. The minimum atomic E-state index is -2.32. The molecule has 4 rings (SSSR count). The van der Waals surface area contributed by atoms with Gasteiger partial charge in [-0.05, 0) is 0 Å². The van der Waals surface area contributed by atoms with Crippen LogP contribution in [-0.2, 0) is 6.86 Å². The van der Waals surface area contributed by atoms with Gasteiger partial charge in [0.15, 0.2) is 0 Å². The van der Waals surface area contributed by atoms with Crippen molar-refractivity contribution in [3.8, 4) is 0 Å². The van der Waals surface area contributed by atoms with Crippen LogP contribution in [-0.4, -0.2) is 36.8 Å². The van der Waals surface area contributed by atoms with E-state index < -0.39 is 36.8 Å². The van der Waals surface area contributed by atoms with Gasteiger partial charge >= 0.3 is 181 Å². The number of benzene rings is 2. The molecule has 0 nitrogen and oxygen atoms in total. The Balaban J connectivity index is 1.78. The van der Waals surface area contributed by atoms with Crippen LogP contribution < -0.4 is 0 Å². The summed E-state index contributed by atoms with van der Waals surface area (Å²) >= 11 is -4.63. The van der Waals surface area contributed by atoms with Gasteiger partial charge in [0.05, 0.1) is 0 Å². The van der Waals surface area contributed by atoms with Gasteiger partial charge in [-0.25, -0.2) is 0 Å². The van der Waals surface area contributed by atoms with Gasteiger partial charge in [0.2, 0.25) is 0 Å². The predicted molar refractivity (Wildman–Crippen MR) is 130 cm³/mol. The molecular weight excluding hydrogens is 550 g/mol. The summed E-state index contributed by atoms with van der Waals surface area (Å²) in [5, 5.41) is 0. The van der Waals surface area contributed by atoms with Gasteiger partial charge < -0.3 is 0 Å². The van der Waals surface area contributed by atoms with E-state index in [1.54, 1.807) is 11.1 Å². The van der Waals surface area contributed by atoms with Crippen molar-refractivity contribution < 1.29 is 0 Å². The molecular formula is C26H34Sn2. The second kappa shape index (κ2) is 7.04. The fourth-order valence-corrected chi connectivity index (χ4v) is 19.9. The van der Waals surface area contributed by atoms with Crippen molar-refractivity contribution in [1.82, 2.24) is 0 Å². The van der Waals surface area contributed by atoms with Crippen molar-refractivity contribution >= 4 is 48.9 Å². The first kappa shape index (κ1) is 20.8. The first-order valence-corrected chi connectivity index (χ1v) is 30.7. The number of allylic oxidation sites excluding steroid dienone is 2. The average molecular weight is 584 g/mol. The van der Waals surface area contributed by atoms with Crippen LogP contribution >= 0.6 is 0 Å². The zero-order valence-electron chi connectivity index (χ0n) is 18.3. The van der Waals surface area contributed by atoms with E-state index in [1.807, 2.05) is 0 Å². The Hall–Kier alpha value is -0.483. The summed E-state index contributed by atoms with van der Waals surface area (Å²) < 4.78 is 0.640. The van der Waals surface area contributed by atoms with Crippen LogP contribution in [0.2, 0.25) is 29.6 Å². The van der Waals surface area contributed by atoms with Crippen molar-refractivity contribution in [1.29, 1.82) is 0 Å². The average Bonchev–Trinajstić information content (AvgIpc) is 3.19. The molecule has 0 spiro atoms. The van der Waals surface area contributed by atoms with E-state index in [2.05, 4.69) is 102 Å². The van der Waals surface area contributed by atoms with Gasteiger partial charge in [0, 0.05) is 0 Å². The van der Waals surface area contributed by atoms with Crippen LogP contribution in [0.4, 0.5) is 0 Å². The topological polar surface area (TPSA) is 0 Å². The maximum absolute atomic E-state index is 2.63. The molecule has 0 heterocycles. The van der Waals surface area contributed by atoms with Crippen LogP contribution in [0.3, 0.4) is 0 Å². The Labute approximate surface area is 179 Å². The van der Waals surface area contributed by atoms with E-state index in [9.17, 15) is 0 Å². The summed E-state index contributed by atoms with van der Waals surface area (Å²) in [5.74, 6) is 0. The molecule has 0 saturated heterocycles. The van der Waals surface area contributed by atoms with Gasteiger partial charge in [0.1, 0.15) is 0 Å². The van der Waals surface area contributed by atoms with E-state index in [1.165, 1.54) is 24.0 Å². The van der Waals surface area contributed by atoms with Gasteiger partial charge in [-0.1, -0.05) is 0 Å². The summed E-state index contributed by atoms with van der Waals surface area (Å²) in [7, 11) is 0. The molecule has 28 heavy (non-hydrogen) atoms. The van der Waals surface area contributed by atoms with Crippen LogP contribution in [0.15, 0.2) is 60.7 Å². The normalized spacial score (nSPS) is 25.8. The fourth-order valence-electron chi connectivity index (χ4n) is 5.63. The maximum atomic E-state index is 2.63. The number of hydrogen-bond donors (Lipinski definition) is 0. The molecule has 0 N–H and O–H groups in total. The monoisotopic (exact) mass is 586 g/mol. The first-order valence-electron chi connectivity index (χ1n) is 10.7. The number of hydrogen-bond acceptors (Lipinski definition) is 0. The predicted octanol–water partition coefficient (Wildman–Crippen LogP) is 7.45. The molecule has 0 fully saturated rings. The molecule has 2 aliphatic carbocycles. The molecule has 2 aliphatic rings. The van der Waals surface area contributed by atoms with Gasteiger partial charge in [0.25, 0.3) is 0 Å². The van der Waals surface area contributed by atoms with Gasteiger partial charge in [-0.3, -0.25) is 0 Å². The minimum absolute atomic E-state index is 0.320. The Kier molecular flexibility index (Phi) is 5.23. The van der Waals surface area contributed by atoms with Crippen LogP contribution in [0.5, 0.6) is 0 Å². The summed E-state index contributed by atoms with van der Waals surface area (Å²) in [6.07, 6.45) is 12.7. The summed E-state index contributed by atoms with van der Waals surface area (Å²) in [6, 6.07) is 18.4. The van der Waals surface area contributed by atoms with Crippen LogP contribution in [0.1, 0.15) is 35.1 Å². The third kappa shape index (κ3) is 3.08. The standard InChI is InChI=1S/C20H16.6CH3.2Sn/c1-3-7-19-15(5-1)9-11-17(19)13-14-18-12-10-16-6-2-4-8-20(16)18;;;;;;;;/h1-12H,13-14H2;6*1H3;;. The second-order valence-electron chi connectivity index (χ2n) is 10.8. The Morgan fingerprint density at radius 3 is 1.29 bits per heavy atom. The number of rotatable bonds is 5. The Morgan fingerprint density at radius 2 is 0.929 bits per heavy atom. The summed E-state index contributed by atoms with van der Waals surface area (Å²) in [4.78, 5) is 15.8. The van der Waals surface area contributed by atoms with E-state index in [-0.39, 0.29) is 0 Å². The van der Waals surface area contributed by atoms with Crippen molar-refractivity contribution in [2.45, 2.75) is 49.3 Å². The molecule has 2 aromatic rings. The van der Waals surface area contributed by atoms with Crippen molar-refractivity contribution in [3.05, 3.63) is 82.9 Å². The Bertz CT molecular complexity index is 875. The van der Waals surface area contributed by atoms with Crippen molar-refractivity contribution in [2.24, 2.45) is 0 Å². The second-order valence-corrected chi connectivity index (χ2v) is 41.6. The van der Waals surface area contributed by atoms with Crippen LogP contribution in [0, 0.1) is 0 Å². The molecule has 0 saturated carbocycles. The van der Waals surface area contributed by atoms with E-state index in [0.717, 1.165) is 0 Å². The van der Waals surface area contributed by atoms with E-state index in [0.29, 0.717) is 6.86 Å². The molecule has 0 aromatic heterocycles. The fraction of sp³-hybridized carbons (Fsp3) is 0.385. The summed E-state index contributed by atoms with van der Waals surface area (Å²) in [5.41, 5.74) is 6.16. The van der Waals surface area contributed by atoms with Gasteiger partial charge in [-0.15, -0.1) is 0 Å². The molecule has 2 heteroatoms. The molecule has 0 aliphatic heterocycles. The Morgan fingerprint density at radius 1 is 0.571 bits per heavy atom. The quantitative estimate of drug-likeness (QED) is 0.321. The molecule has 2 atom stereocenters. The summed E-state index contributed by atoms with van der Waals surface area (Å²) in [6.45, 7) is 0. The molecule has 0 amide bonds. The van der Waals surface area contributed by atoms with Gasteiger partial charge in [-0.2, -0.15) is 0 Å². The SMILES string of the molecule is [CH3][Sn]([CH3])([CH3])[C]1(CC[C]2([Sn]([CH3])([CH3])[CH3])C=Cc3ccccc32)C=Cc2ccccc21. The van der Waals surface area contributed by atoms with E-state index >= 15 is 0 Å².